The monoisotopic (exact) mass is 200 g/mol. The Hall–Kier alpha value is -1.06. The summed E-state index contributed by atoms with van der Waals surface area (Å²) in [5.41, 5.74) is 5.20. The zero-order valence-electron chi connectivity index (χ0n) is 9.17. The number of primary amides is 1. The summed E-state index contributed by atoms with van der Waals surface area (Å²) < 4.78 is 0. The van der Waals surface area contributed by atoms with E-state index in [0.29, 0.717) is 12.8 Å². The maximum Gasteiger partial charge on any atom is 0.222 e. The summed E-state index contributed by atoms with van der Waals surface area (Å²) in [7, 11) is 1.62. The molecule has 0 saturated heterocycles. The summed E-state index contributed by atoms with van der Waals surface area (Å²) in [6.45, 7) is 3.78. The molecule has 0 bridgehead atoms. The van der Waals surface area contributed by atoms with Crippen molar-refractivity contribution in [2.75, 3.05) is 7.05 Å². The van der Waals surface area contributed by atoms with E-state index in [2.05, 4.69) is 5.32 Å². The lowest BCUT2D eigenvalue weighted by molar-refractivity contribution is -0.125. The SMILES string of the molecule is CCC(CCC(C)C(=O)NC)C(N)=O. The molecule has 0 spiro atoms. The summed E-state index contributed by atoms with van der Waals surface area (Å²) in [5.74, 6) is -0.392. The first-order valence-electron chi connectivity index (χ1n) is 5.03. The summed E-state index contributed by atoms with van der Waals surface area (Å²) in [6.07, 6.45) is 2.15. The van der Waals surface area contributed by atoms with E-state index in [9.17, 15) is 9.59 Å². The van der Waals surface area contributed by atoms with E-state index >= 15 is 0 Å². The van der Waals surface area contributed by atoms with Crippen molar-refractivity contribution in [1.82, 2.24) is 5.32 Å². The Morgan fingerprint density at radius 3 is 2.29 bits per heavy atom. The predicted octanol–water partition coefficient (Wildman–Crippen LogP) is 0.660. The molecule has 0 aliphatic carbocycles. The number of hydrogen-bond donors (Lipinski definition) is 2. The van der Waals surface area contributed by atoms with Crippen molar-refractivity contribution in [3.05, 3.63) is 0 Å². The van der Waals surface area contributed by atoms with Gasteiger partial charge in [0.25, 0.3) is 0 Å². The smallest absolute Gasteiger partial charge is 0.222 e. The van der Waals surface area contributed by atoms with E-state index in [1.807, 2.05) is 13.8 Å². The van der Waals surface area contributed by atoms with Gasteiger partial charge < -0.3 is 11.1 Å². The van der Waals surface area contributed by atoms with Crippen molar-refractivity contribution >= 4 is 11.8 Å². The average Bonchev–Trinajstić information content (AvgIpc) is 2.16. The van der Waals surface area contributed by atoms with E-state index in [1.54, 1.807) is 7.05 Å². The van der Waals surface area contributed by atoms with E-state index in [1.165, 1.54) is 0 Å². The van der Waals surface area contributed by atoms with Gasteiger partial charge in [-0.2, -0.15) is 0 Å². The third-order valence-corrected chi connectivity index (χ3v) is 2.54. The third-order valence-electron chi connectivity index (χ3n) is 2.54. The highest BCUT2D eigenvalue weighted by molar-refractivity contribution is 5.78. The topological polar surface area (TPSA) is 72.2 Å². The molecule has 2 unspecified atom stereocenters. The molecule has 2 atom stereocenters. The number of nitrogens with two attached hydrogens (primary N) is 1. The number of rotatable bonds is 6. The first kappa shape index (κ1) is 12.9. The van der Waals surface area contributed by atoms with Crippen LogP contribution in [0.5, 0.6) is 0 Å². The lowest BCUT2D eigenvalue weighted by Crippen LogP contribution is -2.27. The van der Waals surface area contributed by atoms with Crippen LogP contribution in [0.1, 0.15) is 33.1 Å². The molecule has 0 rings (SSSR count). The second-order valence-electron chi connectivity index (χ2n) is 3.60. The van der Waals surface area contributed by atoms with Gasteiger partial charge in [-0.3, -0.25) is 9.59 Å². The van der Waals surface area contributed by atoms with Crippen LogP contribution < -0.4 is 11.1 Å². The molecule has 0 aromatic heterocycles. The molecule has 4 nitrogen and oxygen atoms in total. The Balaban J connectivity index is 3.91. The van der Waals surface area contributed by atoms with E-state index in [-0.39, 0.29) is 23.7 Å². The molecule has 0 saturated carbocycles. The molecule has 0 aromatic rings. The zero-order chi connectivity index (χ0) is 11.1. The van der Waals surface area contributed by atoms with E-state index in [0.717, 1.165) is 6.42 Å². The Morgan fingerprint density at radius 2 is 1.93 bits per heavy atom. The highest BCUT2D eigenvalue weighted by atomic mass is 16.2. The van der Waals surface area contributed by atoms with Crippen LogP contribution in [0.4, 0.5) is 0 Å². The minimum atomic E-state index is -0.267. The van der Waals surface area contributed by atoms with Gasteiger partial charge in [-0.1, -0.05) is 13.8 Å². The molecule has 0 aliphatic heterocycles. The third kappa shape index (κ3) is 4.25. The molecule has 4 heteroatoms. The Bertz CT molecular complexity index is 204. The molecular formula is C10H20N2O2. The molecular weight excluding hydrogens is 180 g/mol. The number of hydrogen-bond acceptors (Lipinski definition) is 2. The summed E-state index contributed by atoms with van der Waals surface area (Å²) >= 11 is 0. The van der Waals surface area contributed by atoms with Crippen molar-refractivity contribution < 1.29 is 9.59 Å². The summed E-state index contributed by atoms with van der Waals surface area (Å²) in [6, 6.07) is 0. The molecule has 0 heterocycles. The number of amides is 2. The quantitative estimate of drug-likeness (QED) is 0.661. The molecule has 82 valence electrons. The van der Waals surface area contributed by atoms with Crippen LogP contribution >= 0.6 is 0 Å². The predicted molar refractivity (Wildman–Crippen MR) is 55.4 cm³/mol. The molecule has 0 fully saturated rings. The van der Waals surface area contributed by atoms with Gasteiger partial charge in [-0.05, 0) is 19.3 Å². The lowest BCUT2D eigenvalue weighted by atomic mass is 9.94. The normalized spacial score (nSPS) is 14.5. The van der Waals surface area contributed by atoms with Gasteiger partial charge in [0.05, 0.1) is 0 Å². The average molecular weight is 200 g/mol. The first-order chi connectivity index (χ1) is 6.52. The maximum atomic E-state index is 11.2. The molecule has 3 N–H and O–H groups in total. The van der Waals surface area contributed by atoms with Crippen LogP contribution in [0.15, 0.2) is 0 Å². The zero-order valence-corrected chi connectivity index (χ0v) is 9.17. The van der Waals surface area contributed by atoms with Gasteiger partial charge in [-0.15, -0.1) is 0 Å². The maximum absolute atomic E-state index is 11.2. The molecule has 0 radical (unpaired) electrons. The minimum absolute atomic E-state index is 0.0179. The Morgan fingerprint density at radius 1 is 1.36 bits per heavy atom. The standard InChI is InChI=1S/C10H20N2O2/c1-4-8(9(11)13)6-5-7(2)10(14)12-3/h7-8H,4-6H2,1-3H3,(H2,11,13)(H,12,14). The van der Waals surface area contributed by atoms with Crippen LogP contribution in [0.2, 0.25) is 0 Å². The molecule has 2 amide bonds. The second kappa shape index (κ2) is 6.40. The van der Waals surface area contributed by atoms with Gasteiger partial charge in [0, 0.05) is 18.9 Å². The van der Waals surface area contributed by atoms with Crippen LogP contribution in [0.3, 0.4) is 0 Å². The van der Waals surface area contributed by atoms with Crippen molar-refractivity contribution in [3.8, 4) is 0 Å². The largest absolute Gasteiger partial charge is 0.369 e. The fraction of sp³-hybridized carbons (Fsp3) is 0.800. The van der Waals surface area contributed by atoms with Crippen molar-refractivity contribution in [1.29, 1.82) is 0 Å². The van der Waals surface area contributed by atoms with Crippen molar-refractivity contribution in [3.63, 3.8) is 0 Å². The van der Waals surface area contributed by atoms with Crippen LogP contribution in [-0.4, -0.2) is 18.9 Å². The van der Waals surface area contributed by atoms with Gasteiger partial charge in [0.1, 0.15) is 0 Å². The molecule has 14 heavy (non-hydrogen) atoms. The van der Waals surface area contributed by atoms with Crippen molar-refractivity contribution in [2.24, 2.45) is 17.6 Å². The fourth-order valence-corrected chi connectivity index (χ4v) is 1.38. The number of carbonyl (C=O) groups excluding carboxylic acids is 2. The van der Waals surface area contributed by atoms with Gasteiger partial charge in [0.15, 0.2) is 0 Å². The highest BCUT2D eigenvalue weighted by Gasteiger charge is 2.17. The minimum Gasteiger partial charge on any atom is -0.369 e. The van der Waals surface area contributed by atoms with Gasteiger partial charge >= 0.3 is 0 Å². The fourth-order valence-electron chi connectivity index (χ4n) is 1.38. The van der Waals surface area contributed by atoms with Gasteiger partial charge in [-0.25, -0.2) is 0 Å². The molecule has 0 aliphatic rings. The van der Waals surface area contributed by atoms with Crippen LogP contribution in [-0.2, 0) is 9.59 Å². The van der Waals surface area contributed by atoms with Crippen LogP contribution in [0.25, 0.3) is 0 Å². The first-order valence-corrected chi connectivity index (χ1v) is 5.03. The van der Waals surface area contributed by atoms with Crippen molar-refractivity contribution in [2.45, 2.75) is 33.1 Å². The summed E-state index contributed by atoms with van der Waals surface area (Å²) in [4.78, 5) is 22.1. The van der Waals surface area contributed by atoms with E-state index in [4.69, 9.17) is 5.73 Å². The van der Waals surface area contributed by atoms with Crippen LogP contribution in [0, 0.1) is 11.8 Å². The Kier molecular flexibility index (Phi) is 5.92. The van der Waals surface area contributed by atoms with E-state index < -0.39 is 0 Å². The summed E-state index contributed by atoms with van der Waals surface area (Å²) in [5, 5.41) is 2.58. The number of carbonyl (C=O) groups is 2. The number of nitrogens with one attached hydrogen (secondary N) is 1. The second-order valence-corrected chi connectivity index (χ2v) is 3.60. The lowest BCUT2D eigenvalue weighted by Gasteiger charge is -2.13. The van der Waals surface area contributed by atoms with Gasteiger partial charge in [0.2, 0.25) is 11.8 Å². The molecule has 0 aromatic carbocycles. The highest BCUT2D eigenvalue weighted by Crippen LogP contribution is 2.15. The Labute approximate surface area is 85.2 Å².